The number of rotatable bonds is 5. The van der Waals surface area contributed by atoms with Crippen molar-refractivity contribution in [1.29, 1.82) is 0 Å². The lowest BCUT2D eigenvalue weighted by Gasteiger charge is -2.34. The number of hydrogen-bond donors (Lipinski definition) is 2. The van der Waals surface area contributed by atoms with Crippen LogP contribution in [0, 0.1) is 11.3 Å². The van der Waals surface area contributed by atoms with E-state index in [1.54, 1.807) is 7.11 Å². The fourth-order valence-electron chi connectivity index (χ4n) is 3.14. The van der Waals surface area contributed by atoms with Gasteiger partial charge >= 0.3 is 0 Å². The van der Waals surface area contributed by atoms with Crippen LogP contribution in [0.3, 0.4) is 0 Å². The second-order valence-corrected chi connectivity index (χ2v) is 6.90. The zero-order chi connectivity index (χ0) is 13.6. The van der Waals surface area contributed by atoms with Gasteiger partial charge in [0.05, 0.1) is 6.61 Å². The minimum Gasteiger partial charge on any atom is -0.383 e. The molecule has 18 heavy (non-hydrogen) atoms. The summed E-state index contributed by atoms with van der Waals surface area (Å²) in [6.07, 6.45) is 6.34. The van der Waals surface area contributed by atoms with Gasteiger partial charge in [-0.15, -0.1) is 0 Å². The Morgan fingerprint density at radius 1 is 1.28 bits per heavy atom. The van der Waals surface area contributed by atoms with Gasteiger partial charge in [0.25, 0.3) is 0 Å². The summed E-state index contributed by atoms with van der Waals surface area (Å²) in [4.78, 5) is 0. The molecule has 0 aromatic carbocycles. The van der Waals surface area contributed by atoms with E-state index in [-0.39, 0.29) is 5.54 Å². The number of methoxy groups -OCH3 is 1. The normalized spacial score (nSPS) is 30.2. The third-order valence-corrected chi connectivity index (χ3v) is 4.60. The van der Waals surface area contributed by atoms with E-state index in [4.69, 9.17) is 10.5 Å². The number of nitrogens with one attached hydrogen (secondary N) is 1. The summed E-state index contributed by atoms with van der Waals surface area (Å²) in [7, 11) is 1.75. The highest BCUT2D eigenvalue weighted by Gasteiger charge is 2.34. The molecule has 1 aliphatic rings. The summed E-state index contributed by atoms with van der Waals surface area (Å²) in [5.41, 5.74) is 6.62. The molecule has 1 fully saturated rings. The Balaban J connectivity index is 2.56. The quantitative estimate of drug-likeness (QED) is 0.587. The first-order valence-corrected chi connectivity index (χ1v) is 7.37. The molecule has 0 saturated heterocycles. The zero-order valence-corrected chi connectivity index (χ0v) is 12.7. The molecular weight excluding hydrogens is 224 g/mol. The van der Waals surface area contributed by atoms with Crippen LogP contribution in [0.2, 0.25) is 0 Å². The fraction of sp³-hybridized carbons (Fsp3) is 1.00. The SMILES string of the molecule is COCCNC1(CN)CCCC(C(C)(C)C)CC1. The Hall–Kier alpha value is -0.120. The second-order valence-electron chi connectivity index (χ2n) is 6.90. The molecule has 0 bridgehead atoms. The minimum absolute atomic E-state index is 0.151. The van der Waals surface area contributed by atoms with Crippen LogP contribution in [0.4, 0.5) is 0 Å². The number of nitrogens with two attached hydrogens (primary N) is 1. The van der Waals surface area contributed by atoms with E-state index in [9.17, 15) is 0 Å². The zero-order valence-electron chi connectivity index (χ0n) is 12.7. The highest BCUT2D eigenvalue weighted by atomic mass is 16.5. The minimum atomic E-state index is 0.151. The number of ether oxygens (including phenoxy) is 1. The molecule has 3 heteroatoms. The van der Waals surface area contributed by atoms with Crippen molar-refractivity contribution >= 4 is 0 Å². The highest BCUT2D eigenvalue weighted by molar-refractivity contribution is 4.93. The van der Waals surface area contributed by atoms with Crippen molar-refractivity contribution in [2.24, 2.45) is 17.1 Å². The smallest absolute Gasteiger partial charge is 0.0587 e. The highest BCUT2D eigenvalue weighted by Crippen LogP contribution is 2.39. The molecule has 0 aromatic rings. The average molecular weight is 256 g/mol. The van der Waals surface area contributed by atoms with Crippen molar-refractivity contribution in [1.82, 2.24) is 5.32 Å². The van der Waals surface area contributed by atoms with Gasteiger partial charge in [-0.25, -0.2) is 0 Å². The maximum absolute atomic E-state index is 6.04. The van der Waals surface area contributed by atoms with E-state index < -0.39 is 0 Å². The molecule has 1 rings (SSSR count). The van der Waals surface area contributed by atoms with Gasteiger partial charge in [0.15, 0.2) is 0 Å². The molecule has 0 spiro atoms. The van der Waals surface area contributed by atoms with Crippen LogP contribution in [-0.4, -0.2) is 32.3 Å². The predicted molar refractivity (Wildman–Crippen MR) is 77.7 cm³/mol. The van der Waals surface area contributed by atoms with Gasteiger partial charge in [-0.2, -0.15) is 0 Å². The maximum Gasteiger partial charge on any atom is 0.0587 e. The number of hydrogen-bond acceptors (Lipinski definition) is 3. The first-order chi connectivity index (χ1) is 8.43. The van der Waals surface area contributed by atoms with Crippen LogP contribution in [0.5, 0.6) is 0 Å². The van der Waals surface area contributed by atoms with Crippen molar-refractivity contribution < 1.29 is 4.74 Å². The van der Waals surface area contributed by atoms with Crippen molar-refractivity contribution in [2.45, 2.75) is 58.4 Å². The summed E-state index contributed by atoms with van der Waals surface area (Å²) >= 11 is 0. The van der Waals surface area contributed by atoms with Crippen LogP contribution in [0.1, 0.15) is 52.9 Å². The Bertz CT molecular complexity index is 237. The molecule has 0 amide bonds. The van der Waals surface area contributed by atoms with Crippen LogP contribution < -0.4 is 11.1 Å². The summed E-state index contributed by atoms with van der Waals surface area (Å²) in [5.74, 6) is 0.829. The molecular formula is C15H32N2O. The molecule has 2 unspecified atom stereocenters. The molecule has 0 aromatic heterocycles. The van der Waals surface area contributed by atoms with Crippen LogP contribution in [0.25, 0.3) is 0 Å². The van der Waals surface area contributed by atoms with Crippen molar-refractivity contribution in [3.63, 3.8) is 0 Å². The molecule has 0 heterocycles. The molecule has 1 saturated carbocycles. The van der Waals surface area contributed by atoms with E-state index in [0.717, 1.165) is 25.6 Å². The van der Waals surface area contributed by atoms with Crippen LogP contribution >= 0.6 is 0 Å². The van der Waals surface area contributed by atoms with Crippen molar-refractivity contribution in [2.75, 3.05) is 26.8 Å². The average Bonchev–Trinajstić information content (AvgIpc) is 2.52. The van der Waals surface area contributed by atoms with Gasteiger partial charge in [0.1, 0.15) is 0 Å². The molecule has 1 aliphatic carbocycles. The lowest BCUT2D eigenvalue weighted by Crippen LogP contribution is -2.52. The van der Waals surface area contributed by atoms with E-state index in [2.05, 4.69) is 26.1 Å². The topological polar surface area (TPSA) is 47.3 Å². The first-order valence-electron chi connectivity index (χ1n) is 7.37. The van der Waals surface area contributed by atoms with Crippen LogP contribution in [0.15, 0.2) is 0 Å². The molecule has 3 N–H and O–H groups in total. The molecule has 0 radical (unpaired) electrons. The third kappa shape index (κ3) is 4.52. The lowest BCUT2D eigenvalue weighted by molar-refractivity contribution is 0.175. The Morgan fingerprint density at radius 2 is 2.00 bits per heavy atom. The molecule has 2 atom stereocenters. The first kappa shape index (κ1) is 15.9. The monoisotopic (exact) mass is 256 g/mol. The van der Waals surface area contributed by atoms with E-state index >= 15 is 0 Å². The van der Waals surface area contributed by atoms with Gasteiger partial charge in [0, 0.05) is 25.7 Å². The Kier molecular flexibility index (Phi) is 6.09. The van der Waals surface area contributed by atoms with Gasteiger partial charge in [-0.3, -0.25) is 0 Å². The maximum atomic E-state index is 6.04. The van der Waals surface area contributed by atoms with E-state index in [0.29, 0.717) is 5.41 Å². The summed E-state index contributed by atoms with van der Waals surface area (Å²) in [6, 6.07) is 0. The van der Waals surface area contributed by atoms with Gasteiger partial charge in [-0.1, -0.05) is 27.2 Å². The van der Waals surface area contributed by atoms with Gasteiger partial charge < -0.3 is 15.8 Å². The van der Waals surface area contributed by atoms with Crippen LogP contribution in [-0.2, 0) is 4.74 Å². The standard InChI is InChI=1S/C15H32N2O/c1-14(2,3)13-6-5-8-15(12-16,9-7-13)17-10-11-18-4/h13,17H,5-12,16H2,1-4H3. The second kappa shape index (κ2) is 6.88. The van der Waals surface area contributed by atoms with Crippen molar-refractivity contribution in [3.05, 3.63) is 0 Å². The molecule has 108 valence electrons. The van der Waals surface area contributed by atoms with E-state index in [1.807, 2.05) is 0 Å². The summed E-state index contributed by atoms with van der Waals surface area (Å²) < 4.78 is 5.13. The largest absolute Gasteiger partial charge is 0.383 e. The Morgan fingerprint density at radius 3 is 2.56 bits per heavy atom. The third-order valence-electron chi connectivity index (χ3n) is 4.60. The summed E-state index contributed by atoms with van der Waals surface area (Å²) in [5, 5.41) is 3.65. The van der Waals surface area contributed by atoms with Gasteiger partial charge in [-0.05, 0) is 37.0 Å². The lowest BCUT2D eigenvalue weighted by atomic mass is 9.76. The van der Waals surface area contributed by atoms with Gasteiger partial charge in [0.2, 0.25) is 0 Å². The molecule has 0 aliphatic heterocycles. The fourth-order valence-corrected chi connectivity index (χ4v) is 3.14. The van der Waals surface area contributed by atoms with E-state index in [1.165, 1.54) is 32.1 Å². The Labute approximate surface area is 113 Å². The van der Waals surface area contributed by atoms with Crippen molar-refractivity contribution in [3.8, 4) is 0 Å². The predicted octanol–water partition coefficient (Wildman–Crippen LogP) is 2.55. The molecule has 3 nitrogen and oxygen atoms in total. The summed E-state index contributed by atoms with van der Waals surface area (Å²) in [6.45, 7) is 9.52.